The summed E-state index contributed by atoms with van der Waals surface area (Å²) >= 11 is 5.80. The van der Waals surface area contributed by atoms with Crippen molar-refractivity contribution in [2.75, 3.05) is 4.90 Å². The Bertz CT molecular complexity index is 4290. The Balaban J connectivity index is 0.976. The Morgan fingerprint density at radius 1 is 0.380 bits per heavy atom. The van der Waals surface area contributed by atoms with Crippen LogP contribution in [-0.4, -0.2) is 0 Å². The molecule has 5 aliphatic rings. The Morgan fingerprint density at radius 2 is 1.01 bits per heavy atom. The molecule has 0 fully saturated rings. The van der Waals surface area contributed by atoms with Crippen molar-refractivity contribution in [2.45, 2.75) is 30.1 Å². The highest BCUT2D eigenvalue weighted by Gasteiger charge is 2.53. The minimum absolute atomic E-state index is 0.275. The van der Waals surface area contributed by atoms with Gasteiger partial charge in [-0.05, 0) is 141 Å². The van der Waals surface area contributed by atoms with Crippen molar-refractivity contribution < 1.29 is 0 Å². The summed E-state index contributed by atoms with van der Waals surface area (Å²) in [5.74, 6) is 0. The van der Waals surface area contributed by atoms with E-state index >= 15 is 0 Å². The summed E-state index contributed by atoms with van der Waals surface area (Å²) in [6, 6.07) is 72.6. The summed E-state index contributed by atoms with van der Waals surface area (Å²) < 4.78 is 2.67. The molecular weight excluding hydrogens is 915 g/mol. The third-order valence-electron chi connectivity index (χ3n) is 17.3. The molecule has 4 heterocycles. The standard InChI is InChI=1S/C67H41NS3/c1-65(2)48-21-11-12-22-55(48)68(57-37-53-46(36-54(57)65)42-18-9-10-20-47(42)66(53,40-14-5-3-6-15-40)41-16-7-4-8-17-41)56-23-13-19-43-44-29-31-50-60(62(44)71-61(43)56)45-28-26-38-24-25-39-27-30-49(59(45)58(38)39)67(50)51-32-34-69-63(51)64-52(67)33-35-70-64/h3-37H,1-2H3. The molecule has 0 bridgehead atoms. The van der Waals surface area contributed by atoms with Gasteiger partial charge in [0.1, 0.15) is 0 Å². The number of thiophene rings is 3. The van der Waals surface area contributed by atoms with Crippen LogP contribution < -0.4 is 4.90 Å². The first-order valence-corrected chi connectivity index (χ1v) is 27.3. The Morgan fingerprint density at radius 3 is 1.76 bits per heavy atom. The second-order valence-corrected chi connectivity index (χ2v) is 23.5. The van der Waals surface area contributed by atoms with Crippen LogP contribution in [0.3, 0.4) is 0 Å². The maximum absolute atomic E-state index is 2.64. The molecule has 0 atom stereocenters. The highest BCUT2D eigenvalue weighted by atomic mass is 32.1. The maximum atomic E-state index is 2.64. The van der Waals surface area contributed by atoms with E-state index in [4.69, 9.17) is 0 Å². The van der Waals surface area contributed by atoms with Crippen LogP contribution in [0.4, 0.5) is 17.1 Å². The number of hydrogen-bond acceptors (Lipinski definition) is 4. The van der Waals surface area contributed by atoms with Gasteiger partial charge >= 0.3 is 0 Å². The van der Waals surface area contributed by atoms with Crippen molar-refractivity contribution in [2.24, 2.45) is 0 Å². The van der Waals surface area contributed by atoms with E-state index in [1.165, 1.54) is 147 Å². The molecule has 12 aromatic rings. The van der Waals surface area contributed by atoms with Crippen LogP contribution in [0.15, 0.2) is 199 Å². The number of hydrogen-bond donors (Lipinski definition) is 0. The van der Waals surface area contributed by atoms with Gasteiger partial charge in [0.2, 0.25) is 0 Å². The zero-order valence-corrected chi connectivity index (χ0v) is 41.3. The second kappa shape index (κ2) is 13.4. The molecule has 9 aromatic carbocycles. The lowest BCUT2D eigenvalue weighted by atomic mass is 9.61. The number of nitrogens with zero attached hydrogens (tertiary/aromatic N) is 1. The van der Waals surface area contributed by atoms with Crippen molar-refractivity contribution >= 4 is 94.2 Å². The van der Waals surface area contributed by atoms with Gasteiger partial charge in [0, 0.05) is 36.2 Å². The zero-order valence-electron chi connectivity index (χ0n) is 38.9. The van der Waals surface area contributed by atoms with Crippen molar-refractivity contribution in [1.29, 1.82) is 0 Å². The van der Waals surface area contributed by atoms with Gasteiger partial charge in [-0.15, -0.1) is 34.0 Å². The topological polar surface area (TPSA) is 3.24 Å². The molecule has 0 N–H and O–H groups in total. The van der Waals surface area contributed by atoms with Gasteiger partial charge in [0.25, 0.3) is 0 Å². The largest absolute Gasteiger partial charge is 0.308 e. The first kappa shape index (κ1) is 39.2. The smallest absolute Gasteiger partial charge is 0.0743 e. The van der Waals surface area contributed by atoms with Gasteiger partial charge in [-0.3, -0.25) is 0 Å². The van der Waals surface area contributed by atoms with Crippen molar-refractivity contribution in [3.05, 3.63) is 266 Å². The minimum Gasteiger partial charge on any atom is -0.308 e. The highest BCUT2D eigenvalue weighted by Crippen LogP contribution is 2.67. The summed E-state index contributed by atoms with van der Waals surface area (Å²) in [7, 11) is 0. The van der Waals surface area contributed by atoms with Crippen molar-refractivity contribution in [3.8, 4) is 32.0 Å². The van der Waals surface area contributed by atoms with Gasteiger partial charge in [0.05, 0.1) is 32.6 Å². The zero-order chi connectivity index (χ0) is 46.5. The summed E-state index contributed by atoms with van der Waals surface area (Å²) in [4.78, 5) is 5.49. The van der Waals surface area contributed by atoms with E-state index in [1.807, 2.05) is 34.0 Å². The van der Waals surface area contributed by atoms with Gasteiger partial charge in [-0.2, -0.15) is 0 Å². The van der Waals surface area contributed by atoms with E-state index in [0.717, 1.165) is 0 Å². The van der Waals surface area contributed by atoms with Crippen molar-refractivity contribution in [1.82, 2.24) is 0 Å². The van der Waals surface area contributed by atoms with Gasteiger partial charge < -0.3 is 4.90 Å². The Kier molecular flexibility index (Phi) is 7.40. The minimum atomic E-state index is -0.520. The first-order valence-electron chi connectivity index (χ1n) is 24.7. The van der Waals surface area contributed by atoms with Crippen LogP contribution >= 0.6 is 34.0 Å². The lowest BCUT2D eigenvalue weighted by molar-refractivity contribution is 0.631. The monoisotopic (exact) mass is 955 g/mol. The first-order chi connectivity index (χ1) is 35.0. The fourth-order valence-electron chi connectivity index (χ4n) is 14.5. The molecule has 4 aliphatic carbocycles. The summed E-state index contributed by atoms with van der Waals surface area (Å²) in [6.45, 7) is 4.86. The summed E-state index contributed by atoms with van der Waals surface area (Å²) in [5, 5.41) is 10.1. The predicted molar refractivity (Wildman–Crippen MR) is 302 cm³/mol. The molecule has 1 nitrogen and oxygen atoms in total. The number of rotatable bonds is 3. The molecule has 71 heavy (non-hydrogen) atoms. The molecular formula is C67H41NS3. The molecule has 0 radical (unpaired) electrons. The third-order valence-corrected chi connectivity index (χ3v) is 20.5. The SMILES string of the molecule is CC1(C)c2ccccc2N(c2cccc3c2sc2c4c(ccc23)C2(c3ccsc3-c3sccc32)c2ccc3c5c(ccc-4c25)C=C3)c2cc3c(cc21)-c1ccccc1C3(c1ccccc1)c1ccccc1. The van der Waals surface area contributed by atoms with Crippen LogP contribution in [0.2, 0.25) is 0 Å². The van der Waals surface area contributed by atoms with Gasteiger partial charge in [0.15, 0.2) is 0 Å². The van der Waals surface area contributed by atoms with E-state index in [2.05, 4.69) is 230 Å². The number of anilines is 3. The molecule has 0 saturated carbocycles. The summed E-state index contributed by atoms with van der Waals surface area (Å²) in [5.41, 5.74) is 24.1. The third kappa shape index (κ3) is 4.52. The average molecular weight is 956 g/mol. The maximum Gasteiger partial charge on any atom is 0.0743 e. The quantitative estimate of drug-likeness (QED) is 0.171. The van der Waals surface area contributed by atoms with Crippen LogP contribution in [-0.2, 0) is 16.2 Å². The number of para-hydroxylation sites is 1. The highest BCUT2D eigenvalue weighted by molar-refractivity contribution is 7.27. The molecule has 332 valence electrons. The van der Waals surface area contributed by atoms with Crippen molar-refractivity contribution in [3.63, 3.8) is 0 Å². The van der Waals surface area contributed by atoms with E-state index < -0.39 is 10.8 Å². The molecule has 0 saturated heterocycles. The number of benzene rings is 9. The average Bonchev–Trinajstić information content (AvgIpc) is 4.29. The molecule has 1 spiro atoms. The summed E-state index contributed by atoms with van der Waals surface area (Å²) in [6.07, 6.45) is 4.64. The van der Waals surface area contributed by atoms with E-state index in [0.29, 0.717) is 0 Å². The molecule has 0 amide bonds. The second-order valence-electron chi connectivity index (χ2n) is 20.6. The molecule has 1 aliphatic heterocycles. The Hall–Kier alpha value is -7.60. The predicted octanol–water partition coefficient (Wildman–Crippen LogP) is 18.6. The lowest BCUT2D eigenvalue weighted by Gasteiger charge is -2.43. The van der Waals surface area contributed by atoms with Gasteiger partial charge in [-0.1, -0.05) is 178 Å². The molecule has 0 unspecified atom stereocenters. The molecule has 3 aromatic heterocycles. The number of fused-ring (bicyclic) bond motifs is 18. The lowest BCUT2D eigenvalue weighted by Crippen LogP contribution is -2.32. The van der Waals surface area contributed by atoms with E-state index in [-0.39, 0.29) is 5.41 Å². The molecule has 17 rings (SSSR count). The van der Waals surface area contributed by atoms with E-state index in [1.54, 1.807) is 0 Å². The van der Waals surface area contributed by atoms with Crippen LogP contribution in [0.1, 0.15) is 80.6 Å². The van der Waals surface area contributed by atoms with Gasteiger partial charge in [-0.25, -0.2) is 0 Å². The Labute approximate surface area is 423 Å². The molecule has 4 heteroatoms. The fraction of sp³-hybridized carbons (Fsp3) is 0.0746. The normalized spacial score (nSPS) is 16.0. The van der Waals surface area contributed by atoms with Crippen LogP contribution in [0, 0.1) is 0 Å². The van der Waals surface area contributed by atoms with Crippen LogP contribution in [0.5, 0.6) is 0 Å². The fourth-order valence-corrected chi connectivity index (χ4v) is 17.9. The van der Waals surface area contributed by atoms with Crippen LogP contribution in [0.25, 0.3) is 75.1 Å². The van der Waals surface area contributed by atoms with E-state index in [9.17, 15) is 0 Å².